The van der Waals surface area contributed by atoms with Crippen molar-refractivity contribution < 1.29 is 24.1 Å². The maximum Gasteiger partial charge on any atom is 0.330 e. The Bertz CT molecular complexity index is 563. The highest BCUT2D eigenvalue weighted by molar-refractivity contribution is 6.35. The normalized spacial score (nSPS) is 27.3. The second-order valence-electron chi connectivity index (χ2n) is 5.37. The average Bonchev–Trinajstić information content (AvgIpc) is 2.57. The molecule has 7 nitrogen and oxygen atoms in total. The fraction of sp³-hybridized carbons (Fsp3) is 0.667. The van der Waals surface area contributed by atoms with E-state index >= 15 is 0 Å². The van der Waals surface area contributed by atoms with Gasteiger partial charge in [0.2, 0.25) is 11.8 Å². The second-order valence-corrected chi connectivity index (χ2v) is 6.01. The van der Waals surface area contributed by atoms with E-state index in [1.165, 1.54) is 20.3 Å². The smallest absolute Gasteiger partial charge is 0.330 e. The van der Waals surface area contributed by atoms with E-state index in [4.69, 9.17) is 25.8 Å². The molecule has 0 bridgehead atoms. The minimum Gasteiger partial charge on any atom is -0.481 e. The number of nitrogens with zero attached hydrogens (tertiary/aromatic N) is 2. The molecule has 2 rings (SSSR count). The zero-order chi connectivity index (χ0) is 17.1. The summed E-state index contributed by atoms with van der Waals surface area (Å²) in [6, 6.07) is 1.48. The Labute approximate surface area is 139 Å². The van der Waals surface area contributed by atoms with E-state index < -0.39 is 16.4 Å². The summed E-state index contributed by atoms with van der Waals surface area (Å²) in [4.78, 5) is 19.1. The molecule has 1 saturated carbocycles. The lowest BCUT2D eigenvalue weighted by Crippen LogP contribution is -2.56. The van der Waals surface area contributed by atoms with Crippen LogP contribution in [0, 0.1) is 0 Å². The van der Waals surface area contributed by atoms with Gasteiger partial charge in [-0.05, 0) is 26.2 Å². The molecule has 2 unspecified atom stereocenters. The molecule has 0 amide bonds. The minimum absolute atomic E-state index is 0.00328. The number of halogens is 1. The van der Waals surface area contributed by atoms with E-state index in [1.807, 2.05) is 0 Å². The van der Waals surface area contributed by atoms with Crippen LogP contribution in [-0.2, 0) is 15.1 Å². The number of carbonyl (C=O) groups is 1. The number of methoxy groups -OCH3 is 2. The number of esters is 1. The van der Waals surface area contributed by atoms with Gasteiger partial charge in [-0.15, -0.1) is 11.6 Å². The van der Waals surface area contributed by atoms with Gasteiger partial charge in [0.25, 0.3) is 0 Å². The van der Waals surface area contributed by atoms with E-state index in [9.17, 15) is 9.90 Å². The van der Waals surface area contributed by atoms with Gasteiger partial charge in [-0.25, -0.2) is 0 Å². The Morgan fingerprint density at radius 3 is 2.35 bits per heavy atom. The first-order valence-corrected chi connectivity index (χ1v) is 7.85. The highest BCUT2D eigenvalue weighted by atomic mass is 35.5. The Kier molecular flexibility index (Phi) is 5.31. The third kappa shape index (κ3) is 3.07. The third-order valence-corrected chi connectivity index (χ3v) is 4.69. The lowest BCUT2D eigenvalue weighted by atomic mass is 9.74. The van der Waals surface area contributed by atoms with Crippen LogP contribution < -0.4 is 9.47 Å². The fourth-order valence-electron chi connectivity index (χ4n) is 2.76. The number of hydrogen-bond acceptors (Lipinski definition) is 7. The van der Waals surface area contributed by atoms with E-state index in [0.29, 0.717) is 12.8 Å². The Morgan fingerprint density at radius 1 is 1.26 bits per heavy atom. The van der Waals surface area contributed by atoms with Gasteiger partial charge >= 0.3 is 5.97 Å². The Hall–Kier alpha value is -1.60. The SMILES string of the molecule is CCOC(=O)C1(Cl)CCCCC1(O)c1nc(OC)cc(OC)n1. The van der Waals surface area contributed by atoms with Gasteiger partial charge < -0.3 is 19.3 Å². The number of alkyl halides is 1. The second kappa shape index (κ2) is 6.88. The molecule has 0 aliphatic heterocycles. The first kappa shape index (κ1) is 17.7. The van der Waals surface area contributed by atoms with E-state index in [0.717, 1.165) is 0 Å². The van der Waals surface area contributed by atoms with Gasteiger partial charge in [0, 0.05) is 0 Å². The van der Waals surface area contributed by atoms with Crippen LogP contribution in [0.5, 0.6) is 11.8 Å². The van der Waals surface area contributed by atoms with E-state index in [2.05, 4.69) is 9.97 Å². The van der Waals surface area contributed by atoms with Crippen LogP contribution >= 0.6 is 11.6 Å². The summed E-state index contributed by atoms with van der Waals surface area (Å²) >= 11 is 6.55. The van der Waals surface area contributed by atoms with E-state index in [-0.39, 0.29) is 37.0 Å². The zero-order valence-electron chi connectivity index (χ0n) is 13.5. The molecular weight excluding hydrogens is 324 g/mol. The molecule has 1 fully saturated rings. The van der Waals surface area contributed by atoms with Gasteiger partial charge in [-0.3, -0.25) is 4.79 Å². The van der Waals surface area contributed by atoms with Crippen LogP contribution in [0.4, 0.5) is 0 Å². The van der Waals surface area contributed by atoms with Gasteiger partial charge in [0.1, 0.15) is 0 Å². The van der Waals surface area contributed by atoms with Crippen molar-refractivity contribution in [3.8, 4) is 11.8 Å². The predicted octanol–water partition coefficient (Wildman–Crippen LogP) is 1.80. The summed E-state index contributed by atoms with van der Waals surface area (Å²) < 4.78 is 15.3. The van der Waals surface area contributed by atoms with Crippen LogP contribution in [0.2, 0.25) is 0 Å². The minimum atomic E-state index is -1.76. The molecule has 8 heteroatoms. The number of hydrogen-bond donors (Lipinski definition) is 1. The molecule has 0 spiro atoms. The van der Waals surface area contributed by atoms with Crippen molar-refractivity contribution in [1.29, 1.82) is 0 Å². The number of carbonyl (C=O) groups excluding carboxylic acids is 1. The summed E-state index contributed by atoms with van der Waals surface area (Å²) in [6.45, 7) is 1.86. The molecule has 1 heterocycles. The van der Waals surface area contributed by atoms with Gasteiger partial charge in [-0.2, -0.15) is 9.97 Å². The molecule has 0 radical (unpaired) electrons. The van der Waals surface area contributed by atoms with Crippen LogP contribution in [0.25, 0.3) is 0 Å². The van der Waals surface area contributed by atoms with Crippen LogP contribution in [0.1, 0.15) is 38.4 Å². The summed E-state index contributed by atoms with van der Waals surface area (Å²) in [5, 5.41) is 11.2. The molecule has 1 aliphatic carbocycles. The number of aromatic nitrogens is 2. The van der Waals surface area contributed by atoms with Crippen molar-refractivity contribution in [1.82, 2.24) is 9.97 Å². The molecule has 2 atom stereocenters. The van der Waals surface area contributed by atoms with Crippen LogP contribution in [0.3, 0.4) is 0 Å². The highest BCUT2D eigenvalue weighted by Gasteiger charge is 2.60. The standard InChI is InChI=1S/C15H21ClN2O5/c1-4-23-13(19)14(16)7-5-6-8-15(14,20)12-17-10(21-2)9-11(18-12)22-3/h9,20H,4-8H2,1-3H3. The summed E-state index contributed by atoms with van der Waals surface area (Å²) in [6.07, 6.45) is 1.90. The van der Waals surface area contributed by atoms with Crippen molar-refractivity contribution in [2.75, 3.05) is 20.8 Å². The van der Waals surface area contributed by atoms with Gasteiger partial charge in [0.05, 0.1) is 26.9 Å². The van der Waals surface area contributed by atoms with Crippen molar-refractivity contribution in [3.63, 3.8) is 0 Å². The number of aliphatic hydroxyl groups is 1. The summed E-state index contributed by atoms with van der Waals surface area (Å²) in [7, 11) is 2.88. The van der Waals surface area contributed by atoms with Crippen LogP contribution in [-0.4, -0.2) is 46.7 Å². The summed E-state index contributed by atoms with van der Waals surface area (Å²) in [5.74, 6) is -0.242. The third-order valence-electron chi connectivity index (χ3n) is 4.03. The number of rotatable bonds is 5. The molecule has 0 saturated heterocycles. The lowest BCUT2D eigenvalue weighted by molar-refractivity contribution is -0.160. The zero-order valence-corrected chi connectivity index (χ0v) is 14.2. The molecule has 1 N–H and O–H groups in total. The van der Waals surface area contributed by atoms with Gasteiger partial charge in [-0.1, -0.05) is 6.42 Å². The van der Waals surface area contributed by atoms with Crippen LogP contribution in [0.15, 0.2) is 6.07 Å². The monoisotopic (exact) mass is 344 g/mol. The first-order chi connectivity index (χ1) is 10.9. The molecule has 1 aliphatic rings. The van der Waals surface area contributed by atoms with Crippen molar-refractivity contribution >= 4 is 17.6 Å². The average molecular weight is 345 g/mol. The maximum atomic E-state index is 12.4. The lowest BCUT2D eigenvalue weighted by Gasteiger charge is -2.43. The van der Waals surface area contributed by atoms with E-state index in [1.54, 1.807) is 6.92 Å². The summed E-state index contributed by atoms with van der Waals surface area (Å²) in [5.41, 5.74) is -1.76. The Balaban J connectivity index is 2.54. The fourth-order valence-corrected chi connectivity index (χ4v) is 3.12. The molecule has 128 valence electrons. The van der Waals surface area contributed by atoms with Crippen molar-refractivity contribution in [2.45, 2.75) is 43.1 Å². The topological polar surface area (TPSA) is 90.8 Å². The predicted molar refractivity (Wildman–Crippen MR) is 82.7 cm³/mol. The largest absolute Gasteiger partial charge is 0.481 e. The maximum absolute atomic E-state index is 12.4. The van der Waals surface area contributed by atoms with Crippen molar-refractivity contribution in [3.05, 3.63) is 11.9 Å². The van der Waals surface area contributed by atoms with Crippen molar-refractivity contribution in [2.24, 2.45) is 0 Å². The molecule has 1 aromatic rings. The molecule has 0 aromatic carbocycles. The molecule has 1 aromatic heterocycles. The Morgan fingerprint density at radius 2 is 1.83 bits per heavy atom. The molecular formula is C15H21ClN2O5. The molecule has 23 heavy (non-hydrogen) atoms. The quantitative estimate of drug-likeness (QED) is 0.643. The first-order valence-electron chi connectivity index (χ1n) is 7.47. The van der Waals surface area contributed by atoms with Gasteiger partial charge in [0.15, 0.2) is 16.3 Å². The number of ether oxygens (including phenoxy) is 3. The highest BCUT2D eigenvalue weighted by Crippen LogP contribution is 2.49.